The highest BCUT2D eigenvalue weighted by Crippen LogP contribution is 2.34. The first kappa shape index (κ1) is 12.1. The third kappa shape index (κ3) is 2.08. The molecule has 0 atom stereocenters. The molecular weight excluding hydrogens is 248 g/mol. The van der Waals surface area contributed by atoms with Gasteiger partial charge in [-0.2, -0.15) is 0 Å². The van der Waals surface area contributed by atoms with Crippen molar-refractivity contribution in [3.05, 3.63) is 53.1 Å². The lowest BCUT2D eigenvalue weighted by Crippen LogP contribution is -2.00. The summed E-state index contributed by atoms with van der Waals surface area (Å²) in [4.78, 5) is 0. The SMILES string of the molecule is NCc1cc(-c2ccc(F)c(F)c2)cc2c1OCC2. The van der Waals surface area contributed by atoms with Crippen LogP contribution in [0.5, 0.6) is 5.75 Å². The second-order valence-corrected chi connectivity index (χ2v) is 4.56. The zero-order valence-corrected chi connectivity index (χ0v) is 10.2. The molecule has 0 aromatic heterocycles. The maximum atomic E-state index is 13.3. The molecule has 2 aromatic carbocycles. The van der Waals surface area contributed by atoms with Gasteiger partial charge in [-0.15, -0.1) is 0 Å². The van der Waals surface area contributed by atoms with Gasteiger partial charge in [-0.1, -0.05) is 6.07 Å². The molecule has 1 aliphatic heterocycles. The second-order valence-electron chi connectivity index (χ2n) is 4.56. The summed E-state index contributed by atoms with van der Waals surface area (Å²) in [7, 11) is 0. The quantitative estimate of drug-likeness (QED) is 0.901. The van der Waals surface area contributed by atoms with Gasteiger partial charge in [-0.3, -0.25) is 0 Å². The predicted octanol–water partition coefficient (Wildman–Crippen LogP) is 3.03. The van der Waals surface area contributed by atoms with E-state index in [2.05, 4.69) is 0 Å². The minimum absolute atomic E-state index is 0.361. The third-order valence-corrected chi connectivity index (χ3v) is 3.33. The molecule has 0 unspecified atom stereocenters. The largest absolute Gasteiger partial charge is 0.493 e. The van der Waals surface area contributed by atoms with Crippen molar-refractivity contribution in [1.82, 2.24) is 0 Å². The minimum atomic E-state index is -0.844. The molecule has 0 saturated carbocycles. The van der Waals surface area contributed by atoms with Crippen LogP contribution in [0, 0.1) is 11.6 Å². The summed E-state index contributed by atoms with van der Waals surface area (Å²) in [5, 5.41) is 0. The van der Waals surface area contributed by atoms with Crippen LogP contribution in [0.2, 0.25) is 0 Å². The van der Waals surface area contributed by atoms with E-state index < -0.39 is 11.6 Å². The van der Waals surface area contributed by atoms with E-state index in [0.29, 0.717) is 18.7 Å². The molecule has 0 amide bonds. The van der Waals surface area contributed by atoms with Gasteiger partial charge in [0.25, 0.3) is 0 Å². The molecule has 0 spiro atoms. The molecule has 3 rings (SSSR count). The smallest absolute Gasteiger partial charge is 0.159 e. The molecule has 98 valence electrons. The van der Waals surface area contributed by atoms with E-state index in [0.717, 1.165) is 34.9 Å². The van der Waals surface area contributed by atoms with Crippen molar-refractivity contribution in [3.63, 3.8) is 0 Å². The van der Waals surface area contributed by atoms with E-state index in [9.17, 15) is 8.78 Å². The van der Waals surface area contributed by atoms with Crippen LogP contribution in [-0.2, 0) is 13.0 Å². The number of benzene rings is 2. The van der Waals surface area contributed by atoms with Gasteiger partial charge in [0.05, 0.1) is 6.61 Å². The van der Waals surface area contributed by atoms with Crippen LogP contribution in [0.15, 0.2) is 30.3 Å². The van der Waals surface area contributed by atoms with Crippen LogP contribution in [-0.4, -0.2) is 6.61 Å². The van der Waals surface area contributed by atoms with Gasteiger partial charge in [-0.05, 0) is 41.0 Å². The van der Waals surface area contributed by atoms with E-state index in [1.54, 1.807) is 6.07 Å². The molecule has 19 heavy (non-hydrogen) atoms. The Hall–Kier alpha value is -1.94. The predicted molar refractivity (Wildman–Crippen MR) is 68.9 cm³/mol. The van der Waals surface area contributed by atoms with Crippen molar-refractivity contribution in [3.8, 4) is 16.9 Å². The van der Waals surface area contributed by atoms with E-state index in [1.165, 1.54) is 6.07 Å². The number of fused-ring (bicyclic) bond motifs is 1. The van der Waals surface area contributed by atoms with Gasteiger partial charge < -0.3 is 10.5 Å². The normalized spacial score (nSPS) is 13.2. The molecule has 0 bridgehead atoms. The highest BCUT2D eigenvalue weighted by atomic mass is 19.2. The zero-order valence-electron chi connectivity index (χ0n) is 10.2. The molecular formula is C15H13F2NO. The Labute approximate surface area is 109 Å². The van der Waals surface area contributed by atoms with Crippen LogP contribution in [0.4, 0.5) is 8.78 Å². The van der Waals surface area contributed by atoms with Crippen molar-refractivity contribution < 1.29 is 13.5 Å². The first-order valence-corrected chi connectivity index (χ1v) is 6.13. The molecule has 1 heterocycles. The summed E-state index contributed by atoms with van der Waals surface area (Å²) in [6, 6.07) is 7.73. The molecule has 2 nitrogen and oxygen atoms in total. The Balaban J connectivity index is 2.12. The molecule has 2 N–H and O–H groups in total. The average molecular weight is 261 g/mol. The summed E-state index contributed by atoms with van der Waals surface area (Å²) in [6.07, 6.45) is 0.819. The van der Waals surface area contributed by atoms with Crippen LogP contribution in [0.3, 0.4) is 0 Å². The Morgan fingerprint density at radius 2 is 1.89 bits per heavy atom. The standard InChI is InChI=1S/C15H13F2NO/c16-13-2-1-9(7-14(13)17)11-5-10-3-4-19-15(10)12(6-11)8-18/h1-2,5-7H,3-4,8,18H2. The first-order valence-electron chi connectivity index (χ1n) is 6.13. The molecule has 4 heteroatoms. The number of nitrogens with two attached hydrogens (primary N) is 1. The number of halogens is 2. The van der Waals surface area contributed by atoms with Gasteiger partial charge >= 0.3 is 0 Å². The van der Waals surface area contributed by atoms with Crippen LogP contribution < -0.4 is 10.5 Å². The second kappa shape index (κ2) is 4.63. The number of ether oxygens (including phenoxy) is 1. The average Bonchev–Trinajstić information content (AvgIpc) is 2.89. The summed E-state index contributed by atoms with van der Waals surface area (Å²) in [5.41, 5.74) is 9.16. The van der Waals surface area contributed by atoms with E-state index in [1.807, 2.05) is 12.1 Å². The van der Waals surface area contributed by atoms with Gasteiger partial charge in [0.2, 0.25) is 0 Å². The highest BCUT2D eigenvalue weighted by molar-refractivity contribution is 5.68. The number of rotatable bonds is 2. The fraction of sp³-hybridized carbons (Fsp3) is 0.200. The summed E-state index contributed by atoms with van der Waals surface area (Å²) in [5.74, 6) is -0.843. The van der Waals surface area contributed by atoms with Crippen LogP contribution >= 0.6 is 0 Å². The molecule has 2 aromatic rings. The lowest BCUT2D eigenvalue weighted by Gasteiger charge is -2.10. The highest BCUT2D eigenvalue weighted by Gasteiger charge is 2.18. The van der Waals surface area contributed by atoms with E-state index in [4.69, 9.17) is 10.5 Å². The van der Waals surface area contributed by atoms with Crippen molar-refractivity contribution in [2.24, 2.45) is 5.73 Å². The lowest BCUT2D eigenvalue weighted by molar-refractivity contribution is 0.353. The topological polar surface area (TPSA) is 35.2 Å². The van der Waals surface area contributed by atoms with E-state index in [-0.39, 0.29) is 0 Å². The Bertz CT molecular complexity index is 640. The molecule has 0 fully saturated rings. The Kier molecular flexibility index (Phi) is 2.95. The van der Waals surface area contributed by atoms with Gasteiger partial charge in [0.1, 0.15) is 5.75 Å². The Morgan fingerprint density at radius 1 is 1.05 bits per heavy atom. The molecule has 0 aliphatic carbocycles. The maximum Gasteiger partial charge on any atom is 0.159 e. The van der Waals surface area contributed by atoms with E-state index >= 15 is 0 Å². The molecule has 0 radical (unpaired) electrons. The monoisotopic (exact) mass is 261 g/mol. The van der Waals surface area contributed by atoms with Gasteiger partial charge in [0.15, 0.2) is 11.6 Å². The van der Waals surface area contributed by atoms with Crippen LogP contribution in [0.1, 0.15) is 11.1 Å². The number of hydrogen-bond donors (Lipinski definition) is 1. The fourth-order valence-electron chi connectivity index (χ4n) is 2.38. The summed E-state index contributed by atoms with van der Waals surface area (Å²) >= 11 is 0. The Morgan fingerprint density at radius 3 is 2.63 bits per heavy atom. The van der Waals surface area contributed by atoms with Crippen molar-refractivity contribution in [1.29, 1.82) is 0 Å². The van der Waals surface area contributed by atoms with Gasteiger partial charge in [-0.25, -0.2) is 8.78 Å². The third-order valence-electron chi connectivity index (χ3n) is 3.33. The summed E-state index contributed by atoms with van der Waals surface area (Å²) in [6.45, 7) is 1.00. The molecule has 0 saturated heterocycles. The summed E-state index contributed by atoms with van der Waals surface area (Å²) < 4.78 is 31.8. The molecule has 1 aliphatic rings. The van der Waals surface area contributed by atoms with Crippen molar-refractivity contribution in [2.45, 2.75) is 13.0 Å². The van der Waals surface area contributed by atoms with Crippen molar-refractivity contribution >= 4 is 0 Å². The maximum absolute atomic E-state index is 13.3. The van der Waals surface area contributed by atoms with Crippen molar-refractivity contribution in [2.75, 3.05) is 6.61 Å². The van der Waals surface area contributed by atoms with Gasteiger partial charge in [0, 0.05) is 18.5 Å². The zero-order chi connectivity index (χ0) is 13.4. The first-order chi connectivity index (χ1) is 9.19. The minimum Gasteiger partial charge on any atom is -0.493 e. The fourth-order valence-corrected chi connectivity index (χ4v) is 2.38. The number of hydrogen-bond acceptors (Lipinski definition) is 2. The van der Waals surface area contributed by atoms with Crippen LogP contribution in [0.25, 0.3) is 11.1 Å². The lowest BCUT2D eigenvalue weighted by atomic mass is 9.98.